The average Bonchev–Trinajstić information content (AvgIpc) is 2.65. The van der Waals surface area contributed by atoms with Crippen LogP contribution in [0.4, 0.5) is 0 Å². The number of carboxylic acids is 1. The van der Waals surface area contributed by atoms with E-state index in [0.29, 0.717) is 31.1 Å². The summed E-state index contributed by atoms with van der Waals surface area (Å²) in [5, 5.41) is 11.4. The summed E-state index contributed by atoms with van der Waals surface area (Å²) >= 11 is 0. The zero-order chi connectivity index (χ0) is 18.8. The SMILES string of the molecule is CC(Oc1ccccc1)C(=O)NCc1ccc(OCCCC(=O)O)cc1. The standard InChI is InChI=1S/C20H23NO5/c1-15(26-18-6-3-2-4-7-18)20(24)21-14-16-9-11-17(12-10-16)25-13-5-8-19(22)23/h2-4,6-7,9-12,15H,5,8,13-14H2,1H3,(H,21,24)(H,22,23). The van der Waals surface area contributed by atoms with Crippen LogP contribution in [0.25, 0.3) is 0 Å². The third kappa shape index (κ3) is 6.84. The molecular weight excluding hydrogens is 334 g/mol. The monoisotopic (exact) mass is 357 g/mol. The number of benzene rings is 2. The first kappa shape index (κ1) is 19.3. The molecule has 2 N–H and O–H groups in total. The van der Waals surface area contributed by atoms with Crippen molar-refractivity contribution in [1.29, 1.82) is 0 Å². The number of rotatable bonds is 10. The van der Waals surface area contributed by atoms with E-state index in [-0.39, 0.29) is 12.3 Å². The van der Waals surface area contributed by atoms with Gasteiger partial charge in [-0.2, -0.15) is 0 Å². The molecule has 1 unspecified atom stereocenters. The van der Waals surface area contributed by atoms with Crippen molar-refractivity contribution >= 4 is 11.9 Å². The van der Waals surface area contributed by atoms with Gasteiger partial charge in [0.05, 0.1) is 6.61 Å². The van der Waals surface area contributed by atoms with Crippen LogP contribution in [-0.2, 0) is 16.1 Å². The summed E-state index contributed by atoms with van der Waals surface area (Å²) in [5.41, 5.74) is 0.933. The smallest absolute Gasteiger partial charge is 0.303 e. The molecule has 0 spiro atoms. The number of hydrogen-bond donors (Lipinski definition) is 2. The zero-order valence-corrected chi connectivity index (χ0v) is 14.7. The molecule has 0 radical (unpaired) electrons. The molecule has 2 aromatic rings. The van der Waals surface area contributed by atoms with Crippen LogP contribution >= 0.6 is 0 Å². The van der Waals surface area contributed by atoms with E-state index in [2.05, 4.69) is 5.32 Å². The number of aliphatic carboxylic acids is 1. The molecule has 0 bridgehead atoms. The highest BCUT2D eigenvalue weighted by molar-refractivity contribution is 5.80. The Hall–Kier alpha value is -3.02. The van der Waals surface area contributed by atoms with Crippen molar-refractivity contribution in [2.45, 2.75) is 32.4 Å². The van der Waals surface area contributed by atoms with Crippen LogP contribution < -0.4 is 14.8 Å². The van der Waals surface area contributed by atoms with E-state index in [9.17, 15) is 9.59 Å². The molecule has 1 amide bonds. The normalized spacial score (nSPS) is 11.4. The van der Waals surface area contributed by atoms with Gasteiger partial charge in [0.1, 0.15) is 11.5 Å². The van der Waals surface area contributed by atoms with Gasteiger partial charge < -0.3 is 19.9 Å². The Labute approximate surface area is 152 Å². The van der Waals surface area contributed by atoms with Gasteiger partial charge in [-0.05, 0) is 43.2 Å². The van der Waals surface area contributed by atoms with Gasteiger partial charge in [-0.3, -0.25) is 9.59 Å². The third-order valence-corrected chi connectivity index (χ3v) is 3.62. The van der Waals surface area contributed by atoms with E-state index in [0.717, 1.165) is 5.56 Å². The number of para-hydroxylation sites is 1. The van der Waals surface area contributed by atoms with E-state index in [1.165, 1.54) is 0 Å². The summed E-state index contributed by atoms with van der Waals surface area (Å²) in [6, 6.07) is 16.5. The second-order valence-corrected chi connectivity index (χ2v) is 5.78. The molecule has 0 saturated heterocycles. The highest BCUT2D eigenvalue weighted by Gasteiger charge is 2.14. The summed E-state index contributed by atoms with van der Waals surface area (Å²) in [5.74, 6) is 0.304. The van der Waals surface area contributed by atoms with Gasteiger partial charge >= 0.3 is 5.97 Å². The molecule has 0 aromatic heterocycles. The Morgan fingerprint density at radius 2 is 1.73 bits per heavy atom. The van der Waals surface area contributed by atoms with Crippen LogP contribution in [0.2, 0.25) is 0 Å². The molecule has 1 atom stereocenters. The second-order valence-electron chi connectivity index (χ2n) is 5.78. The van der Waals surface area contributed by atoms with E-state index in [4.69, 9.17) is 14.6 Å². The fourth-order valence-corrected chi connectivity index (χ4v) is 2.21. The van der Waals surface area contributed by atoms with Crippen LogP contribution in [0.1, 0.15) is 25.3 Å². The fourth-order valence-electron chi connectivity index (χ4n) is 2.21. The molecule has 2 rings (SSSR count). The summed E-state index contributed by atoms with van der Waals surface area (Å²) < 4.78 is 11.1. The number of amides is 1. The second kappa shape index (κ2) is 10.1. The first-order valence-electron chi connectivity index (χ1n) is 8.47. The Morgan fingerprint density at radius 3 is 2.38 bits per heavy atom. The van der Waals surface area contributed by atoms with Gasteiger partial charge in [0, 0.05) is 13.0 Å². The number of carbonyl (C=O) groups is 2. The minimum Gasteiger partial charge on any atom is -0.494 e. The molecule has 0 aliphatic rings. The van der Waals surface area contributed by atoms with E-state index in [1.54, 1.807) is 31.2 Å². The highest BCUT2D eigenvalue weighted by atomic mass is 16.5. The molecule has 6 heteroatoms. The van der Waals surface area contributed by atoms with Gasteiger partial charge in [0.25, 0.3) is 5.91 Å². The summed E-state index contributed by atoms with van der Waals surface area (Å²) in [7, 11) is 0. The maximum atomic E-state index is 12.1. The first-order chi connectivity index (χ1) is 12.5. The van der Waals surface area contributed by atoms with Crippen LogP contribution in [-0.4, -0.2) is 29.7 Å². The maximum absolute atomic E-state index is 12.1. The Kier molecular flexibility index (Phi) is 7.49. The molecule has 138 valence electrons. The van der Waals surface area contributed by atoms with Crippen molar-refractivity contribution in [3.8, 4) is 11.5 Å². The average molecular weight is 357 g/mol. The zero-order valence-electron chi connectivity index (χ0n) is 14.7. The minimum absolute atomic E-state index is 0.0906. The number of carboxylic acid groups (broad SMARTS) is 1. The van der Waals surface area contributed by atoms with Crippen LogP contribution in [0, 0.1) is 0 Å². The molecule has 0 aliphatic heterocycles. The van der Waals surface area contributed by atoms with Gasteiger partial charge in [0.2, 0.25) is 0 Å². The fraction of sp³-hybridized carbons (Fsp3) is 0.300. The van der Waals surface area contributed by atoms with E-state index in [1.807, 2.05) is 30.3 Å². The molecule has 6 nitrogen and oxygen atoms in total. The summed E-state index contributed by atoms with van der Waals surface area (Å²) in [6.07, 6.45) is -0.0333. The Balaban J connectivity index is 1.73. The lowest BCUT2D eigenvalue weighted by Gasteiger charge is -2.14. The molecule has 26 heavy (non-hydrogen) atoms. The third-order valence-electron chi connectivity index (χ3n) is 3.62. The molecule has 0 heterocycles. The van der Waals surface area contributed by atoms with Crippen molar-refractivity contribution in [1.82, 2.24) is 5.32 Å². The van der Waals surface area contributed by atoms with Crippen molar-refractivity contribution < 1.29 is 24.2 Å². The molecule has 0 saturated carbocycles. The minimum atomic E-state index is -0.829. The van der Waals surface area contributed by atoms with Gasteiger partial charge in [-0.1, -0.05) is 30.3 Å². The Morgan fingerprint density at radius 1 is 1.04 bits per heavy atom. The lowest BCUT2D eigenvalue weighted by molar-refractivity contribution is -0.137. The van der Waals surface area contributed by atoms with E-state index < -0.39 is 12.1 Å². The van der Waals surface area contributed by atoms with Gasteiger partial charge in [0.15, 0.2) is 6.10 Å². The van der Waals surface area contributed by atoms with Crippen LogP contribution in [0.3, 0.4) is 0 Å². The van der Waals surface area contributed by atoms with E-state index >= 15 is 0 Å². The predicted octanol–water partition coefficient (Wildman–Crippen LogP) is 3.01. The lowest BCUT2D eigenvalue weighted by atomic mass is 10.2. The Bertz CT molecular complexity index is 700. The largest absolute Gasteiger partial charge is 0.494 e. The molecule has 0 aliphatic carbocycles. The predicted molar refractivity (Wildman–Crippen MR) is 97.2 cm³/mol. The molecule has 2 aromatic carbocycles. The summed E-state index contributed by atoms with van der Waals surface area (Å²) in [6.45, 7) is 2.45. The van der Waals surface area contributed by atoms with Crippen molar-refractivity contribution in [2.24, 2.45) is 0 Å². The lowest BCUT2D eigenvalue weighted by Crippen LogP contribution is -2.35. The quantitative estimate of drug-likeness (QED) is 0.639. The number of ether oxygens (including phenoxy) is 2. The van der Waals surface area contributed by atoms with Gasteiger partial charge in [-0.15, -0.1) is 0 Å². The molecular formula is C20H23NO5. The maximum Gasteiger partial charge on any atom is 0.303 e. The topological polar surface area (TPSA) is 84.9 Å². The van der Waals surface area contributed by atoms with Crippen molar-refractivity contribution in [2.75, 3.05) is 6.61 Å². The number of carbonyl (C=O) groups excluding carboxylic acids is 1. The highest BCUT2D eigenvalue weighted by Crippen LogP contribution is 2.13. The van der Waals surface area contributed by atoms with Crippen molar-refractivity contribution in [3.05, 3.63) is 60.2 Å². The number of nitrogens with one attached hydrogen (secondary N) is 1. The van der Waals surface area contributed by atoms with Crippen LogP contribution in [0.5, 0.6) is 11.5 Å². The molecule has 0 fully saturated rings. The summed E-state index contributed by atoms with van der Waals surface area (Å²) in [4.78, 5) is 22.5. The van der Waals surface area contributed by atoms with Crippen molar-refractivity contribution in [3.63, 3.8) is 0 Å². The number of hydrogen-bond acceptors (Lipinski definition) is 4. The first-order valence-corrected chi connectivity index (χ1v) is 8.47. The van der Waals surface area contributed by atoms with Crippen LogP contribution in [0.15, 0.2) is 54.6 Å². The van der Waals surface area contributed by atoms with Gasteiger partial charge in [-0.25, -0.2) is 0 Å².